The number of methoxy groups -OCH3 is 1. The lowest BCUT2D eigenvalue weighted by molar-refractivity contribution is -0.141. The Morgan fingerprint density at radius 2 is 2.00 bits per heavy atom. The number of rotatable bonds is 3. The molecule has 1 aromatic rings. The Labute approximate surface area is 100.0 Å². The molecule has 1 atom stereocenters. The molecule has 0 spiro atoms. The first-order valence-electron chi connectivity index (χ1n) is 4.21. The van der Waals surface area contributed by atoms with Crippen molar-refractivity contribution in [1.82, 2.24) is 0 Å². The molecule has 0 radical (unpaired) electrons. The minimum atomic E-state index is -0.334. The van der Waals surface area contributed by atoms with Crippen LogP contribution in [0.25, 0.3) is 0 Å². The Balaban J connectivity index is 0.00000196. The van der Waals surface area contributed by atoms with Crippen LogP contribution in [0.4, 0.5) is 0 Å². The lowest BCUT2D eigenvalue weighted by Gasteiger charge is -2.10. The van der Waals surface area contributed by atoms with Gasteiger partial charge in [-0.3, -0.25) is 4.79 Å². The maximum atomic E-state index is 10.9. The molecular formula is C10H13Cl2NO2. The number of ether oxygens (including phenoxy) is 1. The molecule has 0 aliphatic heterocycles. The van der Waals surface area contributed by atoms with Crippen molar-refractivity contribution in [2.75, 3.05) is 7.11 Å². The molecule has 5 heteroatoms. The molecule has 1 rings (SSSR count). The van der Waals surface area contributed by atoms with Crippen molar-refractivity contribution in [3.05, 3.63) is 34.9 Å². The third kappa shape index (κ3) is 4.51. The summed E-state index contributed by atoms with van der Waals surface area (Å²) in [6, 6.07) is 6.76. The van der Waals surface area contributed by atoms with E-state index in [9.17, 15) is 4.79 Å². The molecule has 0 saturated carbocycles. The number of hydrogen-bond donors (Lipinski definition) is 1. The Hall–Kier alpha value is -0.770. The van der Waals surface area contributed by atoms with Gasteiger partial charge in [0.25, 0.3) is 0 Å². The van der Waals surface area contributed by atoms with Crippen molar-refractivity contribution in [3.8, 4) is 0 Å². The number of esters is 1. The van der Waals surface area contributed by atoms with Crippen LogP contribution in [0, 0.1) is 0 Å². The topological polar surface area (TPSA) is 52.3 Å². The number of halogens is 2. The monoisotopic (exact) mass is 249 g/mol. The van der Waals surface area contributed by atoms with Gasteiger partial charge in [0.05, 0.1) is 13.5 Å². The maximum Gasteiger partial charge on any atom is 0.307 e. The summed E-state index contributed by atoms with van der Waals surface area (Å²) in [4.78, 5) is 10.9. The van der Waals surface area contributed by atoms with Crippen LogP contribution in [0.3, 0.4) is 0 Å². The molecule has 15 heavy (non-hydrogen) atoms. The molecule has 0 aromatic heterocycles. The van der Waals surface area contributed by atoms with E-state index >= 15 is 0 Å². The van der Waals surface area contributed by atoms with E-state index < -0.39 is 0 Å². The largest absolute Gasteiger partial charge is 0.469 e. The summed E-state index contributed by atoms with van der Waals surface area (Å²) in [7, 11) is 1.34. The Bertz CT molecular complexity index is 314. The van der Waals surface area contributed by atoms with Gasteiger partial charge in [0.15, 0.2) is 0 Å². The van der Waals surface area contributed by atoms with Crippen LogP contribution in [0.5, 0.6) is 0 Å². The molecule has 0 amide bonds. The van der Waals surface area contributed by atoms with Crippen molar-refractivity contribution in [2.24, 2.45) is 5.73 Å². The van der Waals surface area contributed by atoms with Gasteiger partial charge in [-0.15, -0.1) is 12.4 Å². The van der Waals surface area contributed by atoms with Gasteiger partial charge in [0.2, 0.25) is 0 Å². The molecule has 1 aromatic carbocycles. The van der Waals surface area contributed by atoms with Crippen molar-refractivity contribution >= 4 is 30.0 Å². The number of carbonyl (C=O) groups is 1. The summed E-state index contributed by atoms with van der Waals surface area (Å²) in [6.45, 7) is 0. The average molecular weight is 250 g/mol. The van der Waals surface area contributed by atoms with E-state index in [0.717, 1.165) is 5.56 Å². The van der Waals surface area contributed by atoms with Crippen molar-refractivity contribution in [3.63, 3.8) is 0 Å². The van der Waals surface area contributed by atoms with Gasteiger partial charge in [0, 0.05) is 11.1 Å². The van der Waals surface area contributed by atoms with Crippen LogP contribution in [0.15, 0.2) is 24.3 Å². The average Bonchev–Trinajstić information content (AvgIpc) is 2.18. The third-order valence-electron chi connectivity index (χ3n) is 1.91. The molecule has 0 bridgehead atoms. The van der Waals surface area contributed by atoms with E-state index in [2.05, 4.69) is 4.74 Å². The number of carbonyl (C=O) groups excluding carboxylic acids is 1. The number of nitrogens with two attached hydrogens (primary N) is 1. The zero-order valence-electron chi connectivity index (χ0n) is 8.27. The lowest BCUT2D eigenvalue weighted by atomic mass is 10.1. The molecule has 2 N–H and O–H groups in total. The minimum Gasteiger partial charge on any atom is -0.469 e. The van der Waals surface area contributed by atoms with Gasteiger partial charge < -0.3 is 10.5 Å². The van der Waals surface area contributed by atoms with Gasteiger partial charge in [-0.05, 0) is 17.7 Å². The van der Waals surface area contributed by atoms with E-state index in [4.69, 9.17) is 17.3 Å². The molecule has 0 saturated heterocycles. The Morgan fingerprint density at radius 1 is 1.47 bits per heavy atom. The van der Waals surface area contributed by atoms with Crippen molar-refractivity contribution < 1.29 is 9.53 Å². The second-order valence-corrected chi connectivity index (χ2v) is 3.37. The quantitative estimate of drug-likeness (QED) is 0.837. The Kier molecular flexibility index (Phi) is 6.32. The standard InChI is InChI=1S/C10H12ClNO2.ClH/c1-14-10(13)6-9(12)7-2-4-8(11)5-3-7;/h2-5,9H,6,12H2,1H3;1H. The highest BCUT2D eigenvalue weighted by Gasteiger charge is 2.11. The van der Waals surface area contributed by atoms with Crippen LogP contribution in [0.1, 0.15) is 18.0 Å². The molecule has 3 nitrogen and oxygen atoms in total. The van der Waals surface area contributed by atoms with Crippen molar-refractivity contribution in [2.45, 2.75) is 12.5 Å². The smallest absolute Gasteiger partial charge is 0.307 e. The van der Waals surface area contributed by atoms with E-state index in [0.29, 0.717) is 5.02 Å². The predicted octanol–water partition coefficient (Wildman–Crippen LogP) is 2.32. The summed E-state index contributed by atoms with van der Waals surface area (Å²) >= 11 is 5.72. The SMILES string of the molecule is COC(=O)CC(N)c1ccc(Cl)cc1.Cl. The van der Waals surface area contributed by atoms with Gasteiger partial charge in [-0.25, -0.2) is 0 Å². The molecule has 0 heterocycles. The zero-order valence-corrected chi connectivity index (χ0v) is 9.85. The van der Waals surface area contributed by atoms with E-state index in [1.54, 1.807) is 24.3 Å². The van der Waals surface area contributed by atoms with E-state index in [-0.39, 0.29) is 30.8 Å². The molecule has 1 unspecified atom stereocenters. The zero-order chi connectivity index (χ0) is 10.6. The highest BCUT2D eigenvalue weighted by Crippen LogP contribution is 2.17. The second kappa shape index (κ2) is 6.67. The van der Waals surface area contributed by atoms with Gasteiger partial charge in [-0.1, -0.05) is 23.7 Å². The Morgan fingerprint density at radius 3 is 2.47 bits per heavy atom. The summed E-state index contributed by atoms with van der Waals surface area (Å²) in [5.74, 6) is -0.313. The fourth-order valence-corrected chi connectivity index (χ4v) is 1.22. The summed E-state index contributed by atoms with van der Waals surface area (Å²) in [5, 5.41) is 0.652. The summed E-state index contributed by atoms with van der Waals surface area (Å²) < 4.78 is 4.52. The summed E-state index contributed by atoms with van der Waals surface area (Å²) in [5.41, 5.74) is 6.65. The number of hydrogen-bond acceptors (Lipinski definition) is 3. The van der Waals surface area contributed by atoms with Crippen LogP contribution < -0.4 is 5.73 Å². The fraction of sp³-hybridized carbons (Fsp3) is 0.300. The highest BCUT2D eigenvalue weighted by atomic mass is 35.5. The maximum absolute atomic E-state index is 10.9. The minimum absolute atomic E-state index is 0. The fourth-order valence-electron chi connectivity index (χ4n) is 1.09. The molecular weight excluding hydrogens is 237 g/mol. The van der Waals surface area contributed by atoms with E-state index in [1.165, 1.54) is 7.11 Å². The highest BCUT2D eigenvalue weighted by molar-refractivity contribution is 6.30. The van der Waals surface area contributed by atoms with Crippen LogP contribution >= 0.6 is 24.0 Å². The van der Waals surface area contributed by atoms with Gasteiger partial charge in [-0.2, -0.15) is 0 Å². The van der Waals surface area contributed by atoms with Crippen LogP contribution in [0.2, 0.25) is 5.02 Å². The van der Waals surface area contributed by atoms with Gasteiger partial charge in [0.1, 0.15) is 0 Å². The first-order valence-corrected chi connectivity index (χ1v) is 4.59. The molecule has 84 valence electrons. The van der Waals surface area contributed by atoms with Crippen LogP contribution in [-0.4, -0.2) is 13.1 Å². The molecule has 0 aliphatic carbocycles. The lowest BCUT2D eigenvalue weighted by Crippen LogP contribution is -2.16. The second-order valence-electron chi connectivity index (χ2n) is 2.94. The molecule has 0 fully saturated rings. The van der Waals surface area contributed by atoms with Gasteiger partial charge >= 0.3 is 5.97 Å². The first-order chi connectivity index (χ1) is 6.63. The first kappa shape index (κ1) is 14.2. The normalized spacial score (nSPS) is 11.4. The van der Waals surface area contributed by atoms with Crippen LogP contribution in [-0.2, 0) is 9.53 Å². The predicted molar refractivity (Wildman–Crippen MR) is 62.3 cm³/mol. The molecule has 0 aliphatic rings. The van der Waals surface area contributed by atoms with Crippen molar-refractivity contribution in [1.29, 1.82) is 0 Å². The number of benzene rings is 1. The van der Waals surface area contributed by atoms with E-state index in [1.807, 2.05) is 0 Å². The summed E-state index contributed by atoms with van der Waals surface area (Å²) in [6.07, 6.45) is 0.179. The third-order valence-corrected chi connectivity index (χ3v) is 2.16.